The van der Waals surface area contributed by atoms with E-state index in [-0.39, 0.29) is 17.0 Å². The largest absolute Gasteiger partial charge is 0.511 e. The summed E-state index contributed by atoms with van der Waals surface area (Å²) < 4.78 is 43.6. The summed E-state index contributed by atoms with van der Waals surface area (Å²) in [6.07, 6.45) is -6.05. The first-order valence-corrected chi connectivity index (χ1v) is 7.96. The molecule has 0 atom stereocenters. The highest BCUT2D eigenvalue weighted by atomic mass is 35.5. The number of hydrogen-bond donors (Lipinski definition) is 1. The molecule has 1 aromatic heterocycles. The fourth-order valence-electron chi connectivity index (χ4n) is 2.44. The van der Waals surface area contributed by atoms with Gasteiger partial charge in [0.15, 0.2) is 0 Å². The van der Waals surface area contributed by atoms with Crippen molar-refractivity contribution in [2.24, 2.45) is 0 Å². The molecule has 138 valence electrons. The van der Waals surface area contributed by atoms with E-state index in [9.17, 15) is 18.0 Å². The number of carboxylic acid groups (broad SMARTS) is 1. The van der Waals surface area contributed by atoms with Gasteiger partial charge in [0.25, 0.3) is 0 Å². The van der Waals surface area contributed by atoms with E-state index in [1.54, 1.807) is 24.3 Å². The van der Waals surface area contributed by atoms with Crippen LogP contribution in [0.25, 0.3) is 22.5 Å². The normalized spacial score (nSPS) is 11.3. The first-order valence-electron chi connectivity index (χ1n) is 7.59. The van der Waals surface area contributed by atoms with Gasteiger partial charge in [0.2, 0.25) is 0 Å². The summed E-state index contributed by atoms with van der Waals surface area (Å²) in [5.74, 6) is -0.0603. The number of halogens is 4. The number of benzene rings is 2. The van der Waals surface area contributed by atoms with Crippen LogP contribution in [0.5, 0.6) is 5.75 Å². The summed E-state index contributed by atoms with van der Waals surface area (Å²) in [6, 6.07) is 13.8. The van der Waals surface area contributed by atoms with Gasteiger partial charge in [-0.1, -0.05) is 35.9 Å². The molecule has 0 aliphatic heterocycles. The number of pyridine rings is 1. The second-order valence-corrected chi connectivity index (χ2v) is 5.96. The molecule has 0 bridgehead atoms. The van der Waals surface area contributed by atoms with Crippen molar-refractivity contribution in [1.82, 2.24) is 4.98 Å². The molecule has 8 heteroatoms. The number of alkyl halides is 3. The minimum Gasteiger partial charge on any atom is -0.449 e. The highest BCUT2D eigenvalue weighted by Gasteiger charge is 2.30. The quantitative estimate of drug-likeness (QED) is 0.542. The smallest absolute Gasteiger partial charge is 0.449 e. The highest BCUT2D eigenvalue weighted by Crippen LogP contribution is 2.34. The molecule has 0 radical (unpaired) electrons. The maximum atomic E-state index is 13.0. The number of nitrogens with zero attached hydrogens (tertiary/aromatic N) is 1. The van der Waals surface area contributed by atoms with E-state index < -0.39 is 17.9 Å². The van der Waals surface area contributed by atoms with Crippen LogP contribution in [0.15, 0.2) is 60.7 Å². The number of carbonyl (C=O) groups is 1. The van der Waals surface area contributed by atoms with Gasteiger partial charge in [-0.3, -0.25) is 0 Å². The van der Waals surface area contributed by atoms with E-state index in [0.717, 1.165) is 12.1 Å². The van der Waals surface area contributed by atoms with Crippen LogP contribution in [0.3, 0.4) is 0 Å². The Morgan fingerprint density at radius 3 is 2.19 bits per heavy atom. The lowest BCUT2D eigenvalue weighted by atomic mass is 10.1. The van der Waals surface area contributed by atoms with Crippen LogP contribution in [-0.2, 0) is 6.18 Å². The van der Waals surface area contributed by atoms with Crippen LogP contribution in [-0.4, -0.2) is 16.2 Å². The fourth-order valence-corrected chi connectivity index (χ4v) is 2.56. The summed E-state index contributed by atoms with van der Waals surface area (Å²) in [5, 5.41) is 9.36. The lowest BCUT2D eigenvalue weighted by molar-refractivity contribution is -0.137. The van der Waals surface area contributed by atoms with Crippen molar-refractivity contribution in [2.75, 3.05) is 0 Å². The van der Waals surface area contributed by atoms with Crippen LogP contribution in [0.2, 0.25) is 5.02 Å². The lowest BCUT2D eigenvalue weighted by Gasteiger charge is -2.11. The Morgan fingerprint density at radius 1 is 0.963 bits per heavy atom. The lowest BCUT2D eigenvalue weighted by Crippen LogP contribution is -2.05. The molecule has 4 nitrogen and oxygen atoms in total. The molecule has 3 rings (SSSR count). The third-order valence-corrected chi connectivity index (χ3v) is 3.88. The van der Waals surface area contributed by atoms with Crippen LogP contribution < -0.4 is 4.74 Å². The van der Waals surface area contributed by atoms with Crippen molar-refractivity contribution in [2.45, 2.75) is 6.18 Å². The molecule has 0 amide bonds. The summed E-state index contributed by atoms with van der Waals surface area (Å²) in [7, 11) is 0. The van der Waals surface area contributed by atoms with Gasteiger partial charge in [0.05, 0.1) is 17.0 Å². The van der Waals surface area contributed by atoms with Crippen molar-refractivity contribution in [3.8, 4) is 28.3 Å². The Balaban J connectivity index is 2.13. The zero-order valence-electron chi connectivity index (χ0n) is 13.5. The van der Waals surface area contributed by atoms with Crippen LogP contribution in [0, 0.1) is 0 Å². The second-order valence-electron chi connectivity index (χ2n) is 5.53. The number of aromatic nitrogens is 1. The molecular weight excluding hydrogens is 383 g/mol. The Morgan fingerprint density at radius 2 is 1.59 bits per heavy atom. The number of ether oxygens (including phenoxy) is 1. The van der Waals surface area contributed by atoms with E-state index in [1.807, 2.05) is 0 Å². The van der Waals surface area contributed by atoms with Crippen molar-refractivity contribution in [3.05, 3.63) is 71.2 Å². The standard InChI is InChI=1S/C19H11ClF3NO3/c20-14-6-4-11(5-7-14)16-9-15(27-18(25)26)10-17(24-16)12-2-1-3-13(8-12)19(21,22)23/h1-10H,(H,25,26). The van der Waals surface area contributed by atoms with Crippen molar-refractivity contribution in [1.29, 1.82) is 0 Å². The van der Waals surface area contributed by atoms with Gasteiger partial charge in [-0.15, -0.1) is 0 Å². The number of rotatable bonds is 3. The molecule has 1 heterocycles. The van der Waals surface area contributed by atoms with E-state index >= 15 is 0 Å². The average Bonchev–Trinajstić information content (AvgIpc) is 2.61. The topological polar surface area (TPSA) is 59.4 Å². The molecule has 0 spiro atoms. The summed E-state index contributed by atoms with van der Waals surface area (Å²) in [4.78, 5) is 15.2. The zero-order valence-corrected chi connectivity index (χ0v) is 14.3. The van der Waals surface area contributed by atoms with Gasteiger partial charge in [-0.2, -0.15) is 13.2 Å². The van der Waals surface area contributed by atoms with Gasteiger partial charge in [0.1, 0.15) is 5.75 Å². The predicted octanol–water partition coefficient (Wildman–Crippen LogP) is 6.14. The minimum absolute atomic E-state index is 0.0603. The molecule has 1 N–H and O–H groups in total. The van der Waals surface area contributed by atoms with E-state index in [4.69, 9.17) is 16.7 Å². The highest BCUT2D eigenvalue weighted by molar-refractivity contribution is 6.30. The van der Waals surface area contributed by atoms with Crippen molar-refractivity contribution >= 4 is 17.8 Å². The van der Waals surface area contributed by atoms with Crippen LogP contribution in [0.1, 0.15) is 5.56 Å². The Hall–Kier alpha value is -3.06. The summed E-state index contributed by atoms with van der Waals surface area (Å²) >= 11 is 5.86. The monoisotopic (exact) mass is 393 g/mol. The van der Waals surface area contributed by atoms with Gasteiger partial charge >= 0.3 is 12.3 Å². The molecule has 3 aromatic rings. The first-order chi connectivity index (χ1) is 12.7. The molecule has 0 aliphatic carbocycles. The van der Waals surface area contributed by atoms with E-state index in [2.05, 4.69) is 9.72 Å². The van der Waals surface area contributed by atoms with Crippen molar-refractivity contribution in [3.63, 3.8) is 0 Å². The summed E-state index contributed by atoms with van der Waals surface area (Å²) in [6.45, 7) is 0. The van der Waals surface area contributed by atoms with Gasteiger partial charge in [0, 0.05) is 28.3 Å². The third kappa shape index (κ3) is 4.57. The maximum Gasteiger partial charge on any atom is 0.511 e. The molecule has 0 fully saturated rings. The molecular formula is C19H11ClF3NO3. The van der Waals surface area contributed by atoms with Gasteiger partial charge < -0.3 is 9.84 Å². The SMILES string of the molecule is O=C(O)Oc1cc(-c2ccc(Cl)cc2)nc(-c2cccc(C(F)(F)F)c2)c1. The predicted molar refractivity (Wildman–Crippen MR) is 93.8 cm³/mol. The Bertz CT molecular complexity index is 988. The minimum atomic E-state index is -4.51. The average molecular weight is 394 g/mol. The van der Waals surface area contributed by atoms with Crippen molar-refractivity contribution < 1.29 is 27.8 Å². The van der Waals surface area contributed by atoms with E-state index in [1.165, 1.54) is 24.3 Å². The Kier molecular flexibility index (Phi) is 5.05. The van der Waals surface area contributed by atoms with Crippen LogP contribution >= 0.6 is 11.6 Å². The molecule has 0 saturated heterocycles. The van der Waals surface area contributed by atoms with Crippen LogP contribution in [0.4, 0.5) is 18.0 Å². The zero-order chi connectivity index (χ0) is 19.6. The molecule has 27 heavy (non-hydrogen) atoms. The molecule has 0 aliphatic rings. The second kappa shape index (κ2) is 7.28. The van der Waals surface area contributed by atoms with Gasteiger partial charge in [-0.05, 0) is 24.3 Å². The fraction of sp³-hybridized carbons (Fsp3) is 0.0526. The van der Waals surface area contributed by atoms with E-state index in [0.29, 0.717) is 16.3 Å². The maximum absolute atomic E-state index is 13.0. The summed E-state index contributed by atoms with van der Waals surface area (Å²) in [5.41, 5.74) is 0.418. The molecule has 0 unspecified atom stereocenters. The van der Waals surface area contributed by atoms with Gasteiger partial charge in [-0.25, -0.2) is 9.78 Å². The Labute approximate surface area is 156 Å². The third-order valence-electron chi connectivity index (χ3n) is 3.63. The number of hydrogen-bond acceptors (Lipinski definition) is 3. The molecule has 2 aromatic carbocycles. The molecule has 0 saturated carbocycles. The first kappa shape index (κ1) is 18.7.